The number of rotatable bonds is 3. The highest BCUT2D eigenvalue weighted by molar-refractivity contribution is 4.88. The number of hydrogen-bond acceptors (Lipinski definition) is 3. The van der Waals surface area contributed by atoms with E-state index in [1.54, 1.807) is 0 Å². The highest BCUT2D eigenvalue weighted by Crippen LogP contribution is 2.30. The van der Waals surface area contributed by atoms with E-state index in [1.807, 2.05) is 20.8 Å². The van der Waals surface area contributed by atoms with Crippen molar-refractivity contribution in [3.63, 3.8) is 0 Å². The fourth-order valence-corrected chi connectivity index (χ4v) is 1.69. The van der Waals surface area contributed by atoms with E-state index in [0.717, 1.165) is 12.8 Å². The molecule has 0 radical (unpaired) electrons. The van der Waals surface area contributed by atoms with E-state index in [4.69, 9.17) is 10.5 Å². The van der Waals surface area contributed by atoms with Gasteiger partial charge in [-0.1, -0.05) is 13.8 Å². The van der Waals surface area contributed by atoms with Gasteiger partial charge in [-0.15, -0.1) is 0 Å². The third-order valence-corrected chi connectivity index (χ3v) is 2.94. The fraction of sp³-hybridized carbons (Fsp3) is 1.00. The second kappa shape index (κ2) is 3.95. The standard InChI is InChI=1S/C10H21NO2/c1-7-4-5-8(13-7)9(12)10(2,3)6-11/h7-9,12H,4-6,11H2,1-3H3. The Labute approximate surface area is 80.3 Å². The quantitative estimate of drug-likeness (QED) is 0.690. The van der Waals surface area contributed by atoms with E-state index >= 15 is 0 Å². The summed E-state index contributed by atoms with van der Waals surface area (Å²) in [6.07, 6.45) is 1.82. The van der Waals surface area contributed by atoms with Gasteiger partial charge in [0, 0.05) is 5.41 Å². The molecule has 3 atom stereocenters. The third-order valence-electron chi connectivity index (χ3n) is 2.94. The van der Waals surface area contributed by atoms with E-state index in [2.05, 4.69) is 0 Å². The lowest BCUT2D eigenvalue weighted by Crippen LogP contribution is -2.44. The first-order valence-corrected chi connectivity index (χ1v) is 5.01. The Morgan fingerprint density at radius 2 is 2.15 bits per heavy atom. The van der Waals surface area contributed by atoms with E-state index in [-0.39, 0.29) is 17.6 Å². The van der Waals surface area contributed by atoms with Crippen LogP contribution in [0.1, 0.15) is 33.6 Å². The molecule has 0 amide bonds. The Morgan fingerprint density at radius 1 is 1.54 bits per heavy atom. The molecule has 3 N–H and O–H groups in total. The van der Waals surface area contributed by atoms with Crippen LogP contribution >= 0.6 is 0 Å². The molecule has 0 aromatic heterocycles. The maximum absolute atomic E-state index is 9.99. The molecule has 1 heterocycles. The highest BCUT2D eigenvalue weighted by atomic mass is 16.5. The van der Waals surface area contributed by atoms with Crippen molar-refractivity contribution in [2.75, 3.05) is 6.54 Å². The van der Waals surface area contributed by atoms with Gasteiger partial charge in [0.2, 0.25) is 0 Å². The highest BCUT2D eigenvalue weighted by Gasteiger charge is 2.37. The van der Waals surface area contributed by atoms with Gasteiger partial charge in [0.05, 0.1) is 18.3 Å². The summed E-state index contributed by atoms with van der Waals surface area (Å²) >= 11 is 0. The lowest BCUT2D eigenvalue weighted by atomic mass is 9.83. The molecule has 13 heavy (non-hydrogen) atoms. The monoisotopic (exact) mass is 187 g/mol. The van der Waals surface area contributed by atoms with Gasteiger partial charge in [-0.2, -0.15) is 0 Å². The van der Waals surface area contributed by atoms with E-state index in [9.17, 15) is 5.11 Å². The van der Waals surface area contributed by atoms with Gasteiger partial charge in [-0.25, -0.2) is 0 Å². The summed E-state index contributed by atoms with van der Waals surface area (Å²) in [6, 6.07) is 0. The topological polar surface area (TPSA) is 55.5 Å². The van der Waals surface area contributed by atoms with Crippen molar-refractivity contribution in [2.45, 2.75) is 51.9 Å². The molecule has 1 rings (SSSR count). The van der Waals surface area contributed by atoms with Crippen LogP contribution in [0.25, 0.3) is 0 Å². The van der Waals surface area contributed by atoms with Crippen LogP contribution in [0.15, 0.2) is 0 Å². The van der Waals surface area contributed by atoms with Gasteiger partial charge in [-0.05, 0) is 26.3 Å². The second-order valence-corrected chi connectivity index (χ2v) is 4.70. The summed E-state index contributed by atoms with van der Waals surface area (Å²) in [5, 5.41) is 9.99. The largest absolute Gasteiger partial charge is 0.390 e. The maximum atomic E-state index is 9.99. The molecule has 0 saturated carbocycles. The minimum atomic E-state index is -0.442. The minimum Gasteiger partial charge on any atom is -0.390 e. The van der Waals surface area contributed by atoms with Crippen LogP contribution in [0.4, 0.5) is 0 Å². The van der Waals surface area contributed by atoms with Crippen molar-refractivity contribution in [1.82, 2.24) is 0 Å². The Balaban J connectivity index is 2.52. The number of aliphatic hydroxyl groups excluding tert-OH is 1. The summed E-state index contributed by atoms with van der Waals surface area (Å²) in [5.41, 5.74) is 5.35. The minimum absolute atomic E-state index is 0.0199. The Bertz CT molecular complexity index is 170. The number of ether oxygens (including phenoxy) is 1. The Kier molecular flexibility index (Phi) is 3.33. The van der Waals surface area contributed by atoms with Crippen LogP contribution < -0.4 is 5.73 Å². The molecule has 0 spiro atoms. The summed E-state index contributed by atoms with van der Waals surface area (Å²) in [5.74, 6) is 0. The Morgan fingerprint density at radius 3 is 2.54 bits per heavy atom. The molecule has 3 heteroatoms. The van der Waals surface area contributed by atoms with Crippen molar-refractivity contribution in [3.05, 3.63) is 0 Å². The third kappa shape index (κ3) is 2.42. The van der Waals surface area contributed by atoms with Crippen molar-refractivity contribution in [3.8, 4) is 0 Å². The Hall–Kier alpha value is -0.120. The molecule has 1 aliphatic heterocycles. The van der Waals surface area contributed by atoms with Crippen LogP contribution in [-0.4, -0.2) is 30.0 Å². The van der Waals surface area contributed by atoms with Crippen LogP contribution in [0.5, 0.6) is 0 Å². The molecule has 1 saturated heterocycles. The van der Waals surface area contributed by atoms with Gasteiger partial charge in [0.25, 0.3) is 0 Å². The molecule has 0 aromatic rings. The molecule has 0 aliphatic carbocycles. The molecule has 3 nitrogen and oxygen atoms in total. The normalized spacial score (nSPS) is 32.1. The average Bonchev–Trinajstić information content (AvgIpc) is 2.50. The molecule has 0 bridgehead atoms. The van der Waals surface area contributed by atoms with Gasteiger partial charge in [0.15, 0.2) is 0 Å². The van der Waals surface area contributed by atoms with Crippen LogP contribution in [0.2, 0.25) is 0 Å². The predicted molar refractivity (Wildman–Crippen MR) is 52.4 cm³/mol. The predicted octanol–water partition coefficient (Wildman–Crippen LogP) is 0.900. The lowest BCUT2D eigenvalue weighted by Gasteiger charge is -2.32. The van der Waals surface area contributed by atoms with Crippen LogP contribution in [0, 0.1) is 5.41 Å². The number of hydrogen-bond donors (Lipinski definition) is 2. The summed E-state index contributed by atoms with van der Waals surface area (Å²) in [7, 11) is 0. The zero-order valence-electron chi connectivity index (χ0n) is 8.79. The van der Waals surface area contributed by atoms with E-state index < -0.39 is 6.10 Å². The van der Waals surface area contributed by atoms with Crippen molar-refractivity contribution in [1.29, 1.82) is 0 Å². The van der Waals surface area contributed by atoms with Crippen molar-refractivity contribution in [2.24, 2.45) is 11.1 Å². The number of aliphatic hydroxyl groups is 1. The molecular formula is C10H21NO2. The van der Waals surface area contributed by atoms with Crippen molar-refractivity contribution >= 4 is 0 Å². The van der Waals surface area contributed by atoms with Crippen molar-refractivity contribution < 1.29 is 9.84 Å². The molecule has 78 valence electrons. The van der Waals surface area contributed by atoms with E-state index in [0.29, 0.717) is 6.54 Å². The first-order valence-electron chi connectivity index (χ1n) is 5.01. The summed E-state index contributed by atoms with van der Waals surface area (Å²) < 4.78 is 5.61. The SMILES string of the molecule is CC1CCC(C(O)C(C)(C)CN)O1. The van der Waals surface area contributed by atoms with Crippen LogP contribution in [0.3, 0.4) is 0 Å². The van der Waals surface area contributed by atoms with Gasteiger partial charge in [-0.3, -0.25) is 0 Å². The summed E-state index contributed by atoms with van der Waals surface area (Å²) in [4.78, 5) is 0. The fourth-order valence-electron chi connectivity index (χ4n) is 1.69. The molecule has 1 aliphatic rings. The zero-order valence-corrected chi connectivity index (χ0v) is 8.79. The maximum Gasteiger partial charge on any atom is 0.0864 e. The van der Waals surface area contributed by atoms with Gasteiger partial charge < -0.3 is 15.6 Å². The molecule has 0 aromatic carbocycles. The first kappa shape index (κ1) is 11.0. The molecule has 3 unspecified atom stereocenters. The smallest absolute Gasteiger partial charge is 0.0864 e. The van der Waals surface area contributed by atoms with Gasteiger partial charge in [0.1, 0.15) is 0 Å². The molecular weight excluding hydrogens is 166 g/mol. The lowest BCUT2D eigenvalue weighted by molar-refractivity contribution is -0.0756. The van der Waals surface area contributed by atoms with E-state index in [1.165, 1.54) is 0 Å². The zero-order chi connectivity index (χ0) is 10.1. The summed E-state index contributed by atoms with van der Waals surface area (Å²) in [6.45, 7) is 6.48. The first-order chi connectivity index (χ1) is 5.97. The molecule has 1 fully saturated rings. The van der Waals surface area contributed by atoms with Crippen LogP contribution in [-0.2, 0) is 4.74 Å². The second-order valence-electron chi connectivity index (χ2n) is 4.70. The number of nitrogens with two attached hydrogens (primary N) is 1. The average molecular weight is 187 g/mol. The van der Waals surface area contributed by atoms with Gasteiger partial charge >= 0.3 is 0 Å².